The van der Waals surface area contributed by atoms with Gasteiger partial charge in [-0.25, -0.2) is 0 Å². The van der Waals surface area contributed by atoms with E-state index < -0.39 is 0 Å². The maximum atomic E-state index is 12.5. The minimum Gasteiger partial charge on any atom is -0.344 e. The molecule has 1 aromatic heterocycles. The lowest BCUT2D eigenvalue weighted by Gasteiger charge is -2.21. The predicted octanol–water partition coefficient (Wildman–Crippen LogP) is 2.22. The van der Waals surface area contributed by atoms with Crippen LogP contribution in [0.3, 0.4) is 0 Å². The highest BCUT2D eigenvalue weighted by molar-refractivity contribution is 5.96. The van der Waals surface area contributed by atoms with E-state index >= 15 is 0 Å². The Balaban J connectivity index is 1.80. The fourth-order valence-electron chi connectivity index (χ4n) is 2.73. The molecule has 0 aliphatic carbocycles. The zero-order valence-corrected chi connectivity index (χ0v) is 12.1. The number of nitrogens with zero attached hydrogens (tertiary/aromatic N) is 1. The van der Waals surface area contributed by atoms with Crippen LogP contribution in [0, 0.1) is 0 Å². The summed E-state index contributed by atoms with van der Waals surface area (Å²) in [7, 11) is 0. The van der Waals surface area contributed by atoms with Gasteiger partial charge in [0.25, 0.3) is 5.91 Å². The Bertz CT molecular complexity index is 640. The van der Waals surface area contributed by atoms with E-state index in [2.05, 4.69) is 21.7 Å². The monoisotopic (exact) mass is 281 g/mol. The van der Waals surface area contributed by atoms with Gasteiger partial charge in [-0.3, -0.25) is 9.78 Å². The molecule has 1 aliphatic heterocycles. The minimum atomic E-state index is -0.101. The van der Waals surface area contributed by atoms with Crippen LogP contribution in [0.25, 0.3) is 0 Å². The molecule has 21 heavy (non-hydrogen) atoms. The molecular weight excluding hydrogens is 262 g/mol. The highest BCUT2D eigenvalue weighted by Gasteiger charge is 2.19. The van der Waals surface area contributed by atoms with Crippen LogP contribution < -0.4 is 10.6 Å². The van der Waals surface area contributed by atoms with Gasteiger partial charge >= 0.3 is 0 Å². The number of hydrogen-bond donors (Lipinski definition) is 2. The van der Waals surface area contributed by atoms with Gasteiger partial charge in [0.05, 0.1) is 11.7 Å². The molecule has 1 amide bonds. The second-order valence-electron chi connectivity index (χ2n) is 5.32. The van der Waals surface area contributed by atoms with E-state index in [1.807, 2.05) is 37.3 Å². The molecule has 2 N–H and O–H groups in total. The van der Waals surface area contributed by atoms with E-state index in [-0.39, 0.29) is 11.9 Å². The number of carbonyl (C=O) groups excluding carboxylic acids is 1. The summed E-state index contributed by atoms with van der Waals surface area (Å²) in [5, 5.41) is 6.37. The number of carbonyl (C=O) groups is 1. The molecule has 0 spiro atoms. The molecular formula is C17H19N3O. The van der Waals surface area contributed by atoms with Crippen molar-refractivity contribution in [1.29, 1.82) is 0 Å². The third-order valence-corrected chi connectivity index (χ3v) is 3.86. The topological polar surface area (TPSA) is 54.0 Å². The minimum absolute atomic E-state index is 0.0214. The molecule has 0 radical (unpaired) electrons. The van der Waals surface area contributed by atoms with Crippen molar-refractivity contribution in [3.05, 3.63) is 65.0 Å². The van der Waals surface area contributed by atoms with Gasteiger partial charge in [-0.05, 0) is 49.2 Å². The first kappa shape index (κ1) is 13.8. The van der Waals surface area contributed by atoms with E-state index in [0.29, 0.717) is 0 Å². The van der Waals surface area contributed by atoms with Gasteiger partial charge in [0.1, 0.15) is 0 Å². The number of hydrogen-bond acceptors (Lipinski definition) is 3. The second kappa shape index (κ2) is 6.06. The molecule has 0 fully saturated rings. The van der Waals surface area contributed by atoms with Gasteiger partial charge in [-0.15, -0.1) is 0 Å². The molecule has 0 unspecified atom stereocenters. The van der Waals surface area contributed by atoms with E-state index in [1.165, 1.54) is 11.1 Å². The van der Waals surface area contributed by atoms with Crippen molar-refractivity contribution in [1.82, 2.24) is 15.6 Å². The van der Waals surface area contributed by atoms with E-state index in [0.717, 1.165) is 30.8 Å². The molecule has 1 aliphatic rings. The molecule has 0 bridgehead atoms. The van der Waals surface area contributed by atoms with Crippen molar-refractivity contribution in [2.24, 2.45) is 0 Å². The van der Waals surface area contributed by atoms with E-state index in [4.69, 9.17) is 0 Å². The van der Waals surface area contributed by atoms with Crippen molar-refractivity contribution < 1.29 is 4.79 Å². The summed E-state index contributed by atoms with van der Waals surface area (Å²) >= 11 is 0. The molecule has 1 atom stereocenters. The van der Waals surface area contributed by atoms with Crippen molar-refractivity contribution in [3.8, 4) is 0 Å². The predicted molar refractivity (Wildman–Crippen MR) is 82.0 cm³/mol. The molecule has 4 nitrogen and oxygen atoms in total. The zero-order chi connectivity index (χ0) is 14.7. The first-order valence-corrected chi connectivity index (χ1v) is 7.29. The summed E-state index contributed by atoms with van der Waals surface area (Å²) in [5.74, 6) is -0.0214. The van der Waals surface area contributed by atoms with Crippen LogP contribution in [0.5, 0.6) is 0 Å². The number of pyridine rings is 1. The summed E-state index contributed by atoms with van der Waals surface area (Å²) in [5.41, 5.74) is 4.05. The van der Waals surface area contributed by atoms with Gasteiger partial charge in [0, 0.05) is 18.3 Å². The van der Waals surface area contributed by atoms with Gasteiger partial charge < -0.3 is 10.6 Å². The van der Waals surface area contributed by atoms with Crippen LogP contribution >= 0.6 is 0 Å². The third-order valence-electron chi connectivity index (χ3n) is 3.86. The Labute approximate surface area is 124 Å². The highest BCUT2D eigenvalue weighted by Crippen LogP contribution is 2.19. The quantitative estimate of drug-likeness (QED) is 0.907. The number of nitrogens with one attached hydrogen (secondary N) is 2. The molecule has 108 valence electrons. The van der Waals surface area contributed by atoms with Crippen LogP contribution in [0.15, 0.2) is 42.6 Å². The number of benzene rings is 1. The number of amides is 1. The lowest BCUT2D eigenvalue weighted by Crippen LogP contribution is -2.31. The van der Waals surface area contributed by atoms with Gasteiger partial charge in [0.15, 0.2) is 0 Å². The Hall–Kier alpha value is -2.20. The number of rotatable bonds is 3. The van der Waals surface area contributed by atoms with Gasteiger partial charge in [0.2, 0.25) is 0 Å². The van der Waals surface area contributed by atoms with Crippen LogP contribution in [-0.4, -0.2) is 17.4 Å². The first-order valence-electron chi connectivity index (χ1n) is 7.29. The Kier molecular flexibility index (Phi) is 3.97. The lowest BCUT2D eigenvalue weighted by atomic mass is 9.95. The average Bonchev–Trinajstić information content (AvgIpc) is 2.55. The average molecular weight is 281 g/mol. The van der Waals surface area contributed by atoms with Crippen LogP contribution in [0.4, 0.5) is 0 Å². The van der Waals surface area contributed by atoms with Gasteiger partial charge in [-0.2, -0.15) is 0 Å². The van der Waals surface area contributed by atoms with Crippen LogP contribution in [0.2, 0.25) is 0 Å². The summed E-state index contributed by atoms with van der Waals surface area (Å²) in [6.45, 7) is 3.72. The summed E-state index contributed by atoms with van der Waals surface area (Å²) in [4.78, 5) is 16.8. The van der Waals surface area contributed by atoms with Crippen molar-refractivity contribution in [3.63, 3.8) is 0 Å². The Morgan fingerprint density at radius 3 is 3.00 bits per heavy atom. The Morgan fingerprint density at radius 2 is 2.19 bits per heavy atom. The SMILES string of the molecule is C[C@@H](NC(=O)c1cccc2c1CCNC2)c1ccccn1. The largest absolute Gasteiger partial charge is 0.344 e. The first-order chi connectivity index (χ1) is 10.3. The number of fused-ring (bicyclic) bond motifs is 1. The fraction of sp³-hybridized carbons (Fsp3) is 0.294. The molecule has 4 heteroatoms. The smallest absolute Gasteiger partial charge is 0.252 e. The molecule has 0 saturated carbocycles. The molecule has 0 saturated heterocycles. The molecule has 1 aromatic carbocycles. The fourth-order valence-corrected chi connectivity index (χ4v) is 2.73. The van der Waals surface area contributed by atoms with E-state index in [9.17, 15) is 4.79 Å². The van der Waals surface area contributed by atoms with Crippen LogP contribution in [-0.2, 0) is 13.0 Å². The second-order valence-corrected chi connectivity index (χ2v) is 5.32. The normalized spacial score (nSPS) is 15.1. The summed E-state index contributed by atoms with van der Waals surface area (Å²) < 4.78 is 0. The molecule has 3 rings (SSSR count). The molecule has 2 aromatic rings. The lowest BCUT2D eigenvalue weighted by molar-refractivity contribution is 0.0938. The standard InChI is InChI=1S/C17H19N3O/c1-12(16-7-2-3-9-19-16)20-17(21)15-6-4-5-13-11-18-10-8-14(13)15/h2-7,9,12,18H,8,10-11H2,1H3,(H,20,21)/t12-/m1/s1. The van der Waals surface area contributed by atoms with E-state index in [1.54, 1.807) is 6.20 Å². The zero-order valence-electron chi connectivity index (χ0n) is 12.1. The maximum Gasteiger partial charge on any atom is 0.252 e. The van der Waals surface area contributed by atoms with Crippen molar-refractivity contribution in [2.75, 3.05) is 6.54 Å². The van der Waals surface area contributed by atoms with Crippen molar-refractivity contribution >= 4 is 5.91 Å². The number of aromatic nitrogens is 1. The van der Waals surface area contributed by atoms with Gasteiger partial charge in [-0.1, -0.05) is 18.2 Å². The molecule has 2 heterocycles. The summed E-state index contributed by atoms with van der Waals surface area (Å²) in [6, 6.07) is 11.6. The Morgan fingerprint density at radius 1 is 1.29 bits per heavy atom. The van der Waals surface area contributed by atoms with Crippen molar-refractivity contribution in [2.45, 2.75) is 25.9 Å². The maximum absolute atomic E-state index is 12.5. The van der Waals surface area contributed by atoms with Crippen LogP contribution in [0.1, 0.15) is 40.1 Å². The highest BCUT2D eigenvalue weighted by atomic mass is 16.1. The summed E-state index contributed by atoms with van der Waals surface area (Å²) in [6.07, 6.45) is 2.64. The third kappa shape index (κ3) is 2.95.